The van der Waals surface area contributed by atoms with E-state index in [-0.39, 0.29) is 40.8 Å². The minimum absolute atomic E-state index is 0.0149. The number of likely N-dealkylation sites (tertiary alicyclic amines) is 1. The number of rotatable bonds is 7. The Morgan fingerprint density at radius 2 is 1.91 bits per heavy atom. The SMILES string of the molecule is Cc1ccc(CN2C[C@@H](SC3=C(C(=O)O)N4C(=O)[C@H]([C@@H](C)O)[C@H]4[C@H]3C)C[C@H]2C(=O)N(C)C)cc1C. The smallest absolute Gasteiger partial charge is 0.353 e. The van der Waals surface area contributed by atoms with E-state index in [9.17, 15) is 24.6 Å². The number of carboxylic acids is 1. The van der Waals surface area contributed by atoms with Gasteiger partial charge in [-0.2, -0.15) is 0 Å². The molecule has 0 aliphatic carbocycles. The van der Waals surface area contributed by atoms with Crippen LogP contribution in [-0.4, -0.2) is 86.8 Å². The zero-order chi connectivity index (χ0) is 25.8. The van der Waals surface area contributed by atoms with Crippen molar-refractivity contribution in [3.05, 3.63) is 45.5 Å². The van der Waals surface area contributed by atoms with Crippen molar-refractivity contribution in [2.45, 2.75) is 64.1 Å². The molecule has 2 N–H and O–H groups in total. The van der Waals surface area contributed by atoms with E-state index in [1.54, 1.807) is 25.9 Å². The molecular weight excluding hydrogens is 466 g/mol. The number of hydrogen-bond donors (Lipinski definition) is 2. The third-order valence-corrected chi connectivity index (χ3v) is 9.15. The van der Waals surface area contributed by atoms with Gasteiger partial charge in [-0.1, -0.05) is 25.1 Å². The minimum Gasteiger partial charge on any atom is -0.477 e. The Labute approximate surface area is 210 Å². The fourth-order valence-corrected chi connectivity index (χ4v) is 7.23. The summed E-state index contributed by atoms with van der Waals surface area (Å²) in [4.78, 5) is 43.7. The maximum atomic E-state index is 13.0. The van der Waals surface area contributed by atoms with E-state index in [2.05, 4.69) is 36.9 Å². The molecule has 2 amide bonds. The predicted molar refractivity (Wildman–Crippen MR) is 134 cm³/mol. The summed E-state index contributed by atoms with van der Waals surface area (Å²) in [5.41, 5.74) is 3.62. The van der Waals surface area contributed by atoms with E-state index in [1.807, 2.05) is 6.92 Å². The molecule has 35 heavy (non-hydrogen) atoms. The van der Waals surface area contributed by atoms with E-state index < -0.39 is 18.0 Å². The van der Waals surface area contributed by atoms with Crippen molar-refractivity contribution >= 4 is 29.5 Å². The third kappa shape index (κ3) is 4.49. The molecule has 3 aliphatic heterocycles. The lowest BCUT2D eigenvalue weighted by Crippen LogP contribution is -2.63. The average molecular weight is 502 g/mol. The van der Waals surface area contributed by atoms with Crippen molar-refractivity contribution in [2.75, 3.05) is 20.6 Å². The Hall–Kier alpha value is -2.36. The number of carbonyl (C=O) groups excluding carboxylic acids is 2. The largest absolute Gasteiger partial charge is 0.477 e. The molecule has 0 aromatic heterocycles. The Kier molecular flexibility index (Phi) is 7.05. The second kappa shape index (κ2) is 9.59. The van der Waals surface area contributed by atoms with Crippen molar-refractivity contribution < 1.29 is 24.6 Å². The molecule has 3 heterocycles. The highest BCUT2D eigenvalue weighted by Crippen LogP contribution is 2.52. The molecular formula is C26H35N3O5S. The van der Waals surface area contributed by atoms with Crippen LogP contribution in [0.5, 0.6) is 0 Å². The predicted octanol–water partition coefficient (Wildman–Crippen LogP) is 2.22. The van der Waals surface area contributed by atoms with Crippen molar-refractivity contribution in [1.82, 2.24) is 14.7 Å². The standard InChI is InChI=1S/C26H35N3O5S/c1-13-7-8-17(9-14(13)2)11-28-12-18(10-19(28)24(31)27(5)6)35-23-15(3)21-20(16(4)30)25(32)29(21)22(23)26(33)34/h7-9,15-16,18-21,30H,10-12H2,1-6H3,(H,33,34)/t15-,16-,18+,19+,20-,21-/m1/s1. The number of nitrogens with zero attached hydrogens (tertiary/aromatic N) is 3. The number of aliphatic hydroxyl groups excluding tert-OH is 1. The van der Waals surface area contributed by atoms with Crippen LogP contribution in [-0.2, 0) is 20.9 Å². The first kappa shape index (κ1) is 25.7. The minimum atomic E-state index is -1.12. The van der Waals surface area contributed by atoms with Crippen LogP contribution in [0.2, 0.25) is 0 Å². The Balaban J connectivity index is 1.58. The zero-order valence-electron chi connectivity index (χ0n) is 21.2. The maximum absolute atomic E-state index is 13.0. The van der Waals surface area contributed by atoms with E-state index in [0.29, 0.717) is 24.4 Å². The number of aryl methyl sites for hydroxylation is 2. The number of amides is 2. The summed E-state index contributed by atoms with van der Waals surface area (Å²) in [5.74, 6) is -2.17. The van der Waals surface area contributed by atoms with Crippen LogP contribution in [0.15, 0.2) is 28.8 Å². The van der Waals surface area contributed by atoms with Crippen LogP contribution < -0.4 is 0 Å². The highest BCUT2D eigenvalue weighted by Gasteiger charge is 2.60. The second-order valence-corrected chi connectivity index (χ2v) is 11.7. The molecule has 2 saturated heterocycles. The molecule has 3 aliphatic rings. The summed E-state index contributed by atoms with van der Waals surface area (Å²) in [6.07, 6.45) is -0.221. The normalized spacial score (nSPS) is 29.3. The van der Waals surface area contributed by atoms with Gasteiger partial charge in [0.1, 0.15) is 5.70 Å². The van der Waals surface area contributed by atoms with Crippen molar-refractivity contribution in [3.63, 3.8) is 0 Å². The Bertz CT molecular complexity index is 1080. The first-order chi connectivity index (χ1) is 16.4. The summed E-state index contributed by atoms with van der Waals surface area (Å²) in [5, 5.41) is 20.1. The van der Waals surface area contributed by atoms with Gasteiger partial charge >= 0.3 is 5.97 Å². The molecule has 190 valence electrons. The van der Waals surface area contributed by atoms with Gasteiger partial charge in [-0.15, -0.1) is 11.8 Å². The number of hydrogen-bond acceptors (Lipinski definition) is 6. The summed E-state index contributed by atoms with van der Waals surface area (Å²) in [7, 11) is 3.52. The summed E-state index contributed by atoms with van der Waals surface area (Å²) >= 11 is 1.49. The lowest BCUT2D eigenvalue weighted by molar-refractivity contribution is -0.163. The van der Waals surface area contributed by atoms with Gasteiger partial charge < -0.3 is 20.0 Å². The zero-order valence-corrected chi connectivity index (χ0v) is 22.0. The van der Waals surface area contributed by atoms with Crippen molar-refractivity contribution in [2.24, 2.45) is 11.8 Å². The third-order valence-electron chi connectivity index (χ3n) is 7.65. The van der Waals surface area contributed by atoms with Crippen molar-refractivity contribution in [3.8, 4) is 0 Å². The van der Waals surface area contributed by atoms with Crippen LogP contribution in [0, 0.1) is 25.7 Å². The number of fused-ring (bicyclic) bond motifs is 1. The number of aliphatic carboxylic acids is 1. The average Bonchev–Trinajstić information content (AvgIpc) is 3.27. The molecule has 2 fully saturated rings. The highest BCUT2D eigenvalue weighted by molar-refractivity contribution is 8.03. The monoisotopic (exact) mass is 501 g/mol. The number of benzene rings is 1. The first-order valence-electron chi connectivity index (χ1n) is 12.1. The molecule has 0 radical (unpaired) electrons. The maximum Gasteiger partial charge on any atom is 0.353 e. The Morgan fingerprint density at radius 1 is 1.23 bits per heavy atom. The van der Waals surface area contributed by atoms with Gasteiger partial charge in [-0.05, 0) is 43.9 Å². The lowest BCUT2D eigenvalue weighted by Gasteiger charge is -2.46. The van der Waals surface area contributed by atoms with Gasteiger partial charge in [0.2, 0.25) is 11.8 Å². The van der Waals surface area contributed by atoms with Crippen LogP contribution in [0.1, 0.15) is 37.0 Å². The van der Waals surface area contributed by atoms with Gasteiger partial charge in [-0.3, -0.25) is 14.5 Å². The molecule has 0 spiro atoms. The topological polar surface area (TPSA) is 101 Å². The van der Waals surface area contributed by atoms with Gasteiger partial charge in [0.05, 0.1) is 24.1 Å². The first-order valence-corrected chi connectivity index (χ1v) is 13.0. The number of carboxylic acid groups (broad SMARTS) is 1. The van der Waals surface area contributed by atoms with E-state index in [1.165, 1.54) is 27.8 Å². The molecule has 0 bridgehead atoms. The lowest BCUT2D eigenvalue weighted by atomic mass is 9.79. The highest BCUT2D eigenvalue weighted by atomic mass is 32.2. The second-order valence-electron chi connectivity index (χ2n) is 10.3. The van der Waals surface area contributed by atoms with E-state index in [0.717, 1.165) is 5.56 Å². The fourth-order valence-electron chi connectivity index (χ4n) is 5.67. The Morgan fingerprint density at radius 3 is 2.49 bits per heavy atom. The molecule has 4 rings (SSSR count). The summed E-state index contributed by atoms with van der Waals surface area (Å²) in [6, 6.07) is 5.72. The molecule has 0 unspecified atom stereocenters. The van der Waals surface area contributed by atoms with E-state index >= 15 is 0 Å². The van der Waals surface area contributed by atoms with Crippen LogP contribution in [0.3, 0.4) is 0 Å². The van der Waals surface area contributed by atoms with Gasteiger partial charge in [-0.25, -0.2) is 4.79 Å². The van der Waals surface area contributed by atoms with Gasteiger partial charge in [0.15, 0.2) is 0 Å². The number of aliphatic hydroxyl groups is 1. The molecule has 9 heteroatoms. The van der Waals surface area contributed by atoms with E-state index in [4.69, 9.17) is 0 Å². The molecule has 8 nitrogen and oxygen atoms in total. The quantitative estimate of drug-likeness (QED) is 0.553. The number of likely N-dealkylation sites (N-methyl/N-ethyl adjacent to an activating group) is 1. The molecule has 1 aromatic rings. The summed E-state index contributed by atoms with van der Waals surface area (Å²) < 4.78 is 0. The fraction of sp³-hybridized carbons (Fsp3) is 0.577. The van der Waals surface area contributed by atoms with Gasteiger partial charge in [0.25, 0.3) is 0 Å². The molecule has 0 saturated carbocycles. The number of thioether (sulfide) groups is 1. The molecule has 6 atom stereocenters. The van der Waals surface area contributed by atoms with Gasteiger partial charge in [0, 0.05) is 43.3 Å². The summed E-state index contributed by atoms with van der Waals surface area (Å²) in [6.45, 7) is 8.95. The van der Waals surface area contributed by atoms with Crippen LogP contribution in [0.25, 0.3) is 0 Å². The number of carbonyl (C=O) groups is 3. The number of β-lactam (4-membered cyclic amide) rings is 1. The van der Waals surface area contributed by atoms with Crippen LogP contribution >= 0.6 is 11.8 Å². The van der Waals surface area contributed by atoms with Crippen molar-refractivity contribution in [1.29, 1.82) is 0 Å². The van der Waals surface area contributed by atoms with Crippen LogP contribution in [0.4, 0.5) is 0 Å². The molecule has 1 aromatic carbocycles.